The summed E-state index contributed by atoms with van der Waals surface area (Å²) in [6.07, 6.45) is 3.25. The minimum Gasteiger partial charge on any atom is -0.332 e. The Morgan fingerprint density at radius 3 is 2.68 bits per heavy atom. The van der Waals surface area contributed by atoms with Gasteiger partial charge < -0.3 is 9.80 Å². The Morgan fingerprint density at radius 1 is 1.06 bits per heavy atom. The predicted molar refractivity (Wildman–Crippen MR) is 130 cm³/mol. The molecule has 2 aromatic carbocycles. The number of thiazole rings is 1. The highest BCUT2D eigenvalue weighted by Gasteiger charge is 2.32. The summed E-state index contributed by atoms with van der Waals surface area (Å²) in [7, 11) is 0. The zero-order valence-corrected chi connectivity index (χ0v) is 19.9. The second-order valence-electron chi connectivity index (χ2n) is 8.01. The first-order valence-corrected chi connectivity index (χ1v) is 12.0. The van der Waals surface area contributed by atoms with Crippen molar-refractivity contribution < 1.29 is 9.59 Å². The van der Waals surface area contributed by atoms with Gasteiger partial charge in [0.25, 0.3) is 11.8 Å². The minimum absolute atomic E-state index is 0.0543. The number of rotatable bonds is 4. The second-order valence-corrected chi connectivity index (χ2v) is 9.34. The molecule has 1 aliphatic heterocycles. The fraction of sp³-hybridized carbons (Fsp3) is 0.208. The first kappa shape index (κ1) is 22.2. The average Bonchev–Trinajstić information content (AvgIpc) is 3.56. The van der Waals surface area contributed by atoms with Crippen molar-refractivity contribution >= 4 is 34.8 Å². The van der Waals surface area contributed by atoms with Crippen molar-refractivity contribution in [1.29, 1.82) is 0 Å². The third kappa shape index (κ3) is 4.44. The van der Waals surface area contributed by atoms with Crippen LogP contribution in [0.2, 0.25) is 5.02 Å². The minimum atomic E-state index is -0.259. The summed E-state index contributed by atoms with van der Waals surface area (Å²) in [5.74, 6) is -0.199. The van der Waals surface area contributed by atoms with Crippen LogP contribution in [0.4, 0.5) is 0 Å². The van der Waals surface area contributed by atoms with E-state index in [1.165, 1.54) is 22.3 Å². The highest BCUT2D eigenvalue weighted by atomic mass is 35.5. The van der Waals surface area contributed by atoms with Crippen LogP contribution in [0.25, 0.3) is 16.3 Å². The monoisotopic (exact) mass is 492 g/mol. The highest BCUT2D eigenvalue weighted by Crippen LogP contribution is 2.24. The number of carbonyl (C=O) groups excluding carboxylic acids is 2. The number of carbonyl (C=O) groups is 2. The summed E-state index contributed by atoms with van der Waals surface area (Å²) in [6.45, 7) is 3.19. The Hall–Kier alpha value is -3.56. The average molecular weight is 493 g/mol. The molecule has 0 spiro atoms. The van der Waals surface area contributed by atoms with E-state index in [0.717, 1.165) is 16.3 Å². The molecule has 2 amide bonds. The summed E-state index contributed by atoms with van der Waals surface area (Å²) in [4.78, 5) is 38.3. The van der Waals surface area contributed by atoms with Crippen LogP contribution in [0.1, 0.15) is 27.9 Å². The van der Waals surface area contributed by atoms with E-state index in [1.54, 1.807) is 23.2 Å². The smallest absolute Gasteiger partial charge is 0.293 e. The van der Waals surface area contributed by atoms with Crippen molar-refractivity contribution in [3.05, 3.63) is 82.8 Å². The molecule has 0 aliphatic carbocycles. The third-order valence-electron chi connectivity index (χ3n) is 5.72. The lowest BCUT2D eigenvalue weighted by Gasteiger charge is -2.39. The molecule has 5 rings (SSSR count). The van der Waals surface area contributed by atoms with Gasteiger partial charge >= 0.3 is 0 Å². The predicted octanol–water partition coefficient (Wildman–Crippen LogP) is 4.03. The zero-order chi connectivity index (χ0) is 23.7. The van der Waals surface area contributed by atoms with Gasteiger partial charge in [0.1, 0.15) is 11.3 Å². The molecule has 2 aromatic heterocycles. The number of benzene rings is 2. The van der Waals surface area contributed by atoms with Crippen molar-refractivity contribution in [2.24, 2.45) is 0 Å². The lowest BCUT2D eigenvalue weighted by Crippen LogP contribution is -2.55. The Morgan fingerprint density at radius 2 is 1.91 bits per heavy atom. The number of aromatic nitrogens is 4. The number of nitrogens with zero attached hydrogens (tertiary/aromatic N) is 6. The molecule has 1 aliphatic rings. The normalized spacial score (nSPS) is 16.0. The van der Waals surface area contributed by atoms with Crippen LogP contribution in [-0.4, -0.2) is 67.0 Å². The molecule has 1 saturated heterocycles. The molecule has 0 bridgehead atoms. The first-order valence-electron chi connectivity index (χ1n) is 10.8. The number of hydrogen-bond acceptors (Lipinski definition) is 6. The van der Waals surface area contributed by atoms with Gasteiger partial charge in [-0.2, -0.15) is 0 Å². The SMILES string of the molecule is CC1CN(C(=O)c2ncn(-c3cccc(Cl)c3)n2)CCN1C(=O)c1cccc(-c2nccs2)c1. The Bertz CT molecular complexity index is 1340. The summed E-state index contributed by atoms with van der Waals surface area (Å²) >= 11 is 7.58. The molecule has 0 saturated carbocycles. The molecule has 0 N–H and O–H groups in total. The lowest BCUT2D eigenvalue weighted by molar-refractivity contribution is 0.0408. The van der Waals surface area contributed by atoms with Crippen LogP contribution >= 0.6 is 22.9 Å². The summed E-state index contributed by atoms with van der Waals surface area (Å²) in [6, 6.07) is 14.5. The second kappa shape index (κ2) is 9.36. The molecule has 4 aromatic rings. The van der Waals surface area contributed by atoms with Crippen molar-refractivity contribution in [3.8, 4) is 16.3 Å². The molecule has 8 nitrogen and oxygen atoms in total. The lowest BCUT2D eigenvalue weighted by atomic mass is 10.1. The fourth-order valence-electron chi connectivity index (χ4n) is 4.01. The topological polar surface area (TPSA) is 84.2 Å². The van der Waals surface area contributed by atoms with Crippen LogP contribution < -0.4 is 0 Å². The molecule has 1 atom stereocenters. The summed E-state index contributed by atoms with van der Waals surface area (Å²) in [5, 5.41) is 7.69. The molecule has 172 valence electrons. The first-order chi connectivity index (χ1) is 16.5. The quantitative estimate of drug-likeness (QED) is 0.429. The standard InChI is InChI=1S/C24H21ClN6O2S/c1-16-14-29(24(33)21-27-15-31(28-21)20-7-3-6-19(25)13-20)9-10-30(16)23(32)18-5-2-4-17(12-18)22-26-8-11-34-22/h2-8,11-13,15-16H,9-10,14H2,1H3. The van der Waals surface area contributed by atoms with Gasteiger partial charge in [0.2, 0.25) is 5.82 Å². The van der Waals surface area contributed by atoms with E-state index in [2.05, 4.69) is 15.1 Å². The number of halogens is 1. The van der Waals surface area contributed by atoms with E-state index in [-0.39, 0.29) is 23.7 Å². The van der Waals surface area contributed by atoms with E-state index in [1.807, 2.05) is 53.6 Å². The van der Waals surface area contributed by atoms with Crippen molar-refractivity contribution in [2.75, 3.05) is 19.6 Å². The van der Waals surface area contributed by atoms with E-state index < -0.39 is 0 Å². The van der Waals surface area contributed by atoms with Gasteiger partial charge in [0.05, 0.1) is 5.69 Å². The van der Waals surface area contributed by atoms with Crippen molar-refractivity contribution in [3.63, 3.8) is 0 Å². The van der Waals surface area contributed by atoms with Crippen LogP contribution in [0.15, 0.2) is 66.4 Å². The van der Waals surface area contributed by atoms with Crippen LogP contribution in [0.5, 0.6) is 0 Å². The Balaban J connectivity index is 1.27. The van der Waals surface area contributed by atoms with Gasteiger partial charge in [-0.1, -0.05) is 29.8 Å². The molecular weight excluding hydrogens is 472 g/mol. The van der Waals surface area contributed by atoms with Crippen molar-refractivity contribution in [1.82, 2.24) is 29.5 Å². The van der Waals surface area contributed by atoms with E-state index >= 15 is 0 Å². The number of hydrogen-bond donors (Lipinski definition) is 0. The maximum atomic E-state index is 13.2. The van der Waals surface area contributed by atoms with Crippen LogP contribution in [-0.2, 0) is 0 Å². The van der Waals surface area contributed by atoms with E-state index in [0.29, 0.717) is 30.2 Å². The summed E-state index contributed by atoms with van der Waals surface area (Å²) < 4.78 is 1.53. The number of amides is 2. The molecule has 3 heterocycles. The number of piperazine rings is 1. The highest BCUT2D eigenvalue weighted by molar-refractivity contribution is 7.13. The Labute approximate surface area is 205 Å². The third-order valence-corrected chi connectivity index (χ3v) is 6.78. The maximum absolute atomic E-state index is 13.2. The molecule has 0 radical (unpaired) electrons. The van der Waals surface area contributed by atoms with Gasteiger partial charge in [-0.3, -0.25) is 9.59 Å². The van der Waals surface area contributed by atoms with Crippen LogP contribution in [0.3, 0.4) is 0 Å². The zero-order valence-electron chi connectivity index (χ0n) is 18.3. The molecule has 1 unspecified atom stereocenters. The molecular formula is C24H21ClN6O2S. The molecule has 34 heavy (non-hydrogen) atoms. The van der Waals surface area contributed by atoms with Crippen molar-refractivity contribution in [2.45, 2.75) is 13.0 Å². The molecule has 1 fully saturated rings. The largest absolute Gasteiger partial charge is 0.332 e. The fourth-order valence-corrected chi connectivity index (χ4v) is 4.83. The van der Waals surface area contributed by atoms with Gasteiger partial charge in [0, 0.05) is 53.4 Å². The molecule has 10 heteroatoms. The maximum Gasteiger partial charge on any atom is 0.293 e. The summed E-state index contributed by atoms with van der Waals surface area (Å²) in [5.41, 5.74) is 2.26. The van der Waals surface area contributed by atoms with E-state index in [4.69, 9.17) is 11.6 Å². The Kier molecular flexibility index (Phi) is 6.12. The van der Waals surface area contributed by atoms with Gasteiger partial charge in [0.15, 0.2) is 0 Å². The van der Waals surface area contributed by atoms with Gasteiger partial charge in [-0.15, -0.1) is 16.4 Å². The van der Waals surface area contributed by atoms with Gasteiger partial charge in [-0.05, 0) is 37.3 Å². The van der Waals surface area contributed by atoms with Gasteiger partial charge in [-0.25, -0.2) is 14.6 Å². The van der Waals surface area contributed by atoms with E-state index in [9.17, 15) is 9.59 Å². The van der Waals surface area contributed by atoms with Crippen LogP contribution in [0, 0.1) is 0 Å².